The Bertz CT molecular complexity index is 1390. The molecule has 0 radical (unpaired) electrons. The van der Waals surface area contributed by atoms with Gasteiger partial charge in [-0.05, 0) is 70.6 Å². The van der Waals surface area contributed by atoms with Crippen LogP contribution in [0.3, 0.4) is 0 Å². The Kier molecular flexibility index (Phi) is 35.9. The molecule has 4 N–H and O–H groups in total. The molecular weight excluding hydrogens is 801 g/mol. The molecule has 0 bridgehead atoms. The van der Waals surface area contributed by atoms with E-state index in [0.29, 0.717) is 13.0 Å². The molecule has 6 atom stereocenters. The fourth-order valence-corrected chi connectivity index (χ4v) is 6.87. The smallest absolute Gasteiger partial charge is 0.397 e. The van der Waals surface area contributed by atoms with Gasteiger partial charge in [0.05, 0.1) is 19.8 Å². The lowest BCUT2D eigenvalue weighted by Gasteiger charge is -2.41. The second-order valence-corrected chi connectivity index (χ2v) is 16.3. The van der Waals surface area contributed by atoms with Gasteiger partial charge < -0.3 is 34.3 Å². The van der Waals surface area contributed by atoms with E-state index in [9.17, 15) is 28.5 Å². The zero-order valence-electron chi connectivity index (χ0n) is 37.2. The molecule has 1 fully saturated rings. The van der Waals surface area contributed by atoms with Crippen LogP contribution in [-0.2, 0) is 38.3 Å². The standard InChI is InChI=1S/C48H80O12S/c1-3-5-7-9-11-13-14-15-16-17-18-19-20-21-22-23-24-25-26-27-28-29-30-32-34-36-38-56-40-42(58-44(50)37-35-33-31-12-10-8-6-4-2)41-57-48-46(52)47(60-61(53,54)55)45(51)43(39-49)59-48/h5,7,11,13,15-16,18-19,21-22,24-25,27-28,42-43,45-49,51-52H,3-4,6,8-10,12,14,17,20,23,26,29-41H2,1-2H3,(H,53,54,55)/b7-5-,13-11-,16-15-,19-18-,22-21-,25-24-,28-27-. The van der Waals surface area contributed by atoms with Gasteiger partial charge in [0.2, 0.25) is 0 Å². The summed E-state index contributed by atoms with van der Waals surface area (Å²) in [7, 11) is -5.07. The summed E-state index contributed by atoms with van der Waals surface area (Å²) in [6, 6.07) is 0. The number of esters is 1. The molecule has 1 aliphatic heterocycles. The summed E-state index contributed by atoms with van der Waals surface area (Å²) in [5.41, 5.74) is 0. The van der Waals surface area contributed by atoms with E-state index < -0.39 is 59.8 Å². The van der Waals surface area contributed by atoms with E-state index in [1.54, 1.807) is 0 Å². The topological polar surface area (TPSA) is 178 Å². The molecule has 1 aliphatic rings. The van der Waals surface area contributed by atoms with E-state index in [4.69, 9.17) is 23.5 Å². The highest BCUT2D eigenvalue weighted by atomic mass is 32.3. The van der Waals surface area contributed by atoms with Crippen LogP contribution in [-0.4, -0.2) is 97.5 Å². The highest BCUT2D eigenvalue weighted by molar-refractivity contribution is 7.80. The molecular formula is C48H80O12S. The predicted molar refractivity (Wildman–Crippen MR) is 243 cm³/mol. The average Bonchev–Trinajstić information content (AvgIpc) is 3.23. The Morgan fingerprint density at radius 3 is 1.66 bits per heavy atom. The Morgan fingerprint density at radius 1 is 0.639 bits per heavy atom. The third-order valence-electron chi connectivity index (χ3n) is 9.78. The van der Waals surface area contributed by atoms with Gasteiger partial charge in [-0.15, -0.1) is 0 Å². The average molecular weight is 881 g/mol. The first kappa shape index (κ1) is 56.3. The number of carbonyl (C=O) groups is 1. The van der Waals surface area contributed by atoms with Gasteiger partial charge in [-0.1, -0.05) is 157 Å². The lowest BCUT2D eigenvalue weighted by Crippen LogP contribution is -2.60. The van der Waals surface area contributed by atoms with E-state index >= 15 is 0 Å². The summed E-state index contributed by atoms with van der Waals surface area (Å²) >= 11 is 0. The molecule has 0 aromatic carbocycles. The van der Waals surface area contributed by atoms with Crippen molar-refractivity contribution in [2.45, 2.75) is 185 Å². The van der Waals surface area contributed by atoms with Gasteiger partial charge in [0, 0.05) is 13.0 Å². The number of aliphatic hydroxyl groups is 3. The minimum absolute atomic E-state index is 0.0142. The molecule has 0 aromatic heterocycles. The monoisotopic (exact) mass is 881 g/mol. The van der Waals surface area contributed by atoms with Crippen LogP contribution >= 0.6 is 0 Å². The van der Waals surface area contributed by atoms with Crippen molar-refractivity contribution in [1.29, 1.82) is 0 Å². The van der Waals surface area contributed by atoms with Crippen LogP contribution in [0.4, 0.5) is 0 Å². The van der Waals surface area contributed by atoms with E-state index in [2.05, 4.69) is 103 Å². The van der Waals surface area contributed by atoms with Crippen LogP contribution in [0.1, 0.15) is 149 Å². The van der Waals surface area contributed by atoms with Crippen LogP contribution in [0.15, 0.2) is 85.1 Å². The Hall–Kier alpha value is -2.72. The lowest BCUT2D eigenvalue weighted by atomic mass is 9.99. The summed E-state index contributed by atoms with van der Waals surface area (Å²) in [6.07, 6.45) is 42.1. The van der Waals surface area contributed by atoms with Crippen LogP contribution in [0, 0.1) is 0 Å². The van der Waals surface area contributed by atoms with Crippen LogP contribution in [0.2, 0.25) is 0 Å². The van der Waals surface area contributed by atoms with Crippen LogP contribution < -0.4 is 0 Å². The molecule has 0 aromatic rings. The first-order valence-corrected chi connectivity index (χ1v) is 24.2. The normalized spacial score (nSPS) is 20.9. The maximum Gasteiger partial charge on any atom is 0.397 e. The van der Waals surface area contributed by atoms with Gasteiger partial charge >= 0.3 is 16.4 Å². The van der Waals surface area contributed by atoms with Crippen molar-refractivity contribution < 1.29 is 56.2 Å². The third kappa shape index (κ3) is 32.6. The molecule has 0 amide bonds. The van der Waals surface area contributed by atoms with Crippen molar-refractivity contribution in [1.82, 2.24) is 0 Å². The van der Waals surface area contributed by atoms with Crippen molar-refractivity contribution in [3.63, 3.8) is 0 Å². The van der Waals surface area contributed by atoms with Crippen molar-refractivity contribution in [2.24, 2.45) is 0 Å². The number of allylic oxidation sites excluding steroid dienone is 14. The summed E-state index contributed by atoms with van der Waals surface area (Å²) in [5, 5.41) is 30.6. The lowest BCUT2D eigenvalue weighted by molar-refractivity contribution is -0.301. The third-order valence-corrected chi connectivity index (χ3v) is 10.2. The number of unbranched alkanes of at least 4 members (excludes halogenated alkanes) is 11. The number of hydrogen-bond acceptors (Lipinski definition) is 11. The van der Waals surface area contributed by atoms with Crippen molar-refractivity contribution >= 4 is 16.4 Å². The first-order chi connectivity index (χ1) is 29.6. The zero-order chi connectivity index (χ0) is 44.7. The van der Waals surface area contributed by atoms with Gasteiger partial charge in [0.15, 0.2) is 6.29 Å². The Labute approximate surface area is 368 Å². The summed E-state index contributed by atoms with van der Waals surface area (Å²) < 4.78 is 58.9. The van der Waals surface area contributed by atoms with Crippen LogP contribution in [0.25, 0.3) is 0 Å². The SMILES string of the molecule is CC/C=C\C/C=C\C/C=C\C/C=C\C/C=C\C/C=C\C/C=C\CCCCCCOCC(COC1OC(CO)C(O)C(OS(=O)(=O)O)C1O)OC(=O)CCCCCCCCCC. The molecule has 1 rings (SSSR count). The molecule has 350 valence electrons. The van der Waals surface area contributed by atoms with E-state index in [0.717, 1.165) is 96.3 Å². The molecule has 0 saturated carbocycles. The summed E-state index contributed by atoms with van der Waals surface area (Å²) in [5.74, 6) is -0.418. The molecule has 12 nitrogen and oxygen atoms in total. The van der Waals surface area contributed by atoms with Gasteiger partial charge in [0.1, 0.15) is 30.5 Å². The van der Waals surface area contributed by atoms with E-state index in [1.165, 1.54) is 25.7 Å². The summed E-state index contributed by atoms with van der Waals surface area (Å²) in [6.45, 7) is 3.74. The van der Waals surface area contributed by atoms with Gasteiger partial charge in [-0.25, -0.2) is 4.18 Å². The Morgan fingerprint density at radius 2 is 1.13 bits per heavy atom. The number of carbonyl (C=O) groups excluding carboxylic acids is 1. The van der Waals surface area contributed by atoms with Crippen molar-refractivity contribution in [3.05, 3.63) is 85.1 Å². The predicted octanol–water partition coefficient (Wildman–Crippen LogP) is 9.68. The summed E-state index contributed by atoms with van der Waals surface area (Å²) in [4.78, 5) is 12.7. The number of rotatable bonds is 38. The number of ether oxygens (including phenoxy) is 4. The van der Waals surface area contributed by atoms with Crippen molar-refractivity contribution in [2.75, 3.05) is 26.4 Å². The molecule has 1 heterocycles. The maximum absolute atomic E-state index is 12.7. The minimum Gasteiger partial charge on any atom is -0.457 e. The molecule has 0 aliphatic carbocycles. The second kappa shape index (κ2) is 38.9. The fraction of sp³-hybridized carbons (Fsp3) is 0.688. The molecule has 6 unspecified atom stereocenters. The zero-order valence-corrected chi connectivity index (χ0v) is 38.0. The quantitative estimate of drug-likeness (QED) is 0.0200. The second-order valence-electron chi connectivity index (χ2n) is 15.3. The highest BCUT2D eigenvalue weighted by Crippen LogP contribution is 2.26. The largest absolute Gasteiger partial charge is 0.457 e. The van der Waals surface area contributed by atoms with Gasteiger partial charge in [-0.2, -0.15) is 8.42 Å². The number of aliphatic hydroxyl groups excluding tert-OH is 3. The molecule has 13 heteroatoms. The van der Waals surface area contributed by atoms with Crippen molar-refractivity contribution in [3.8, 4) is 0 Å². The highest BCUT2D eigenvalue weighted by Gasteiger charge is 2.48. The molecule has 1 saturated heterocycles. The minimum atomic E-state index is -5.07. The maximum atomic E-state index is 12.7. The Balaban J connectivity index is 2.35. The van der Waals surface area contributed by atoms with Gasteiger partial charge in [-0.3, -0.25) is 9.35 Å². The van der Waals surface area contributed by atoms with E-state index in [-0.39, 0.29) is 19.6 Å². The molecule has 61 heavy (non-hydrogen) atoms. The number of hydrogen-bond donors (Lipinski definition) is 4. The first-order valence-electron chi connectivity index (χ1n) is 22.8. The van der Waals surface area contributed by atoms with E-state index in [1.807, 2.05) is 0 Å². The fourth-order valence-electron chi connectivity index (χ4n) is 6.36. The van der Waals surface area contributed by atoms with Gasteiger partial charge in [0.25, 0.3) is 0 Å². The van der Waals surface area contributed by atoms with Crippen LogP contribution in [0.5, 0.6) is 0 Å². The molecule has 0 spiro atoms.